The lowest BCUT2D eigenvalue weighted by atomic mass is 10.1. The van der Waals surface area contributed by atoms with Gasteiger partial charge in [0, 0.05) is 17.6 Å². The van der Waals surface area contributed by atoms with E-state index in [1.54, 1.807) is 0 Å². The zero-order valence-electron chi connectivity index (χ0n) is 9.20. The monoisotopic (exact) mass is 252 g/mol. The summed E-state index contributed by atoms with van der Waals surface area (Å²) in [5, 5.41) is 5.17. The van der Waals surface area contributed by atoms with Crippen LogP contribution >= 0.6 is 11.6 Å². The highest BCUT2D eigenvalue weighted by atomic mass is 35.5. The molecule has 0 spiro atoms. The zero-order chi connectivity index (χ0) is 11.7. The first-order chi connectivity index (χ1) is 8.34. The molecule has 1 atom stereocenters. The molecule has 1 unspecified atom stereocenters. The van der Waals surface area contributed by atoms with Crippen LogP contribution in [0.5, 0.6) is 0 Å². The van der Waals surface area contributed by atoms with Gasteiger partial charge < -0.3 is 4.98 Å². The van der Waals surface area contributed by atoms with E-state index >= 15 is 0 Å². The zero-order valence-corrected chi connectivity index (χ0v) is 9.96. The van der Waals surface area contributed by atoms with Crippen LogP contribution in [0.4, 0.5) is 0 Å². The first-order valence-corrected chi connectivity index (χ1v) is 5.94. The molecule has 2 heterocycles. The molecule has 3 rings (SSSR count). The van der Waals surface area contributed by atoms with Gasteiger partial charge in [-0.2, -0.15) is 0 Å². The Labute approximate surface area is 104 Å². The molecule has 2 aromatic rings. The number of nitrogens with one attached hydrogen (secondary N) is 2. The number of rotatable bonds is 2. The van der Waals surface area contributed by atoms with E-state index in [9.17, 15) is 0 Å². The molecular weight excluding hydrogens is 240 g/mol. The molecule has 1 aromatic carbocycles. The van der Waals surface area contributed by atoms with Crippen molar-refractivity contribution in [2.45, 2.75) is 12.5 Å². The van der Waals surface area contributed by atoms with Gasteiger partial charge >= 0.3 is 0 Å². The van der Waals surface area contributed by atoms with Gasteiger partial charge in [0.2, 0.25) is 0 Å². The van der Waals surface area contributed by atoms with Crippen molar-refractivity contribution in [3.8, 4) is 0 Å². The molecule has 0 amide bonds. The number of fused-ring (bicyclic) bond motifs is 1. The summed E-state index contributed by atoms with van der Waals surface area (Å²) in [6.07, 6.45) is 2.90. The molecule has 17 heavy (non-hydrogen) atoms. The summed E-state index contributed by atoms with van der Waals surface area (Å²) in [5.41, 5.74) is 2.24. The fourth-order valence-corrected chi connectivity index (χ4v) is 2.35. The second kappa shape index (κ2) is 4.66. The number of aromatic nitrogens is 1. The van der Waals surface area contributed by atoms with Crippen molar-refractivity contribution in [3.05, 3.63) is 35.0 Å². The first kappa shape index (κ1) is 11.0. The van der Waals surface area contributed by atoms with Gasteiger partial charge in [-0.1, -0.05) is 23.7 Å². The van der Waals surface area contributed by atoms with E-state index in [1.807, 2.05) is 18.3 Å². The van der Waals surface area contributed by atoms with Crippen LogP contribution in [0.25, 0.3) is 10.9 Å². The molecule has 2 N–H and O–H groups in total. The van der Waals surface area contributed by atoms with Crippen LogP contribution in [0.3, 0.4) is 0 Å². The van der Waals surface area contributed by atoms with Crippen LogP contribution in [0.15, 0.2) is 24.4 Å². The Kier molecular flexibility index (Phi) is 3.03. The average molecular weight is 253 g/mol. The van der Waals surface area contributed by atoms with Gasteiger partial charge in [-0.3, -0.25) is 5.32 Å². The summed E-state index contributed by atoms with van der Waals surface area (Å²) < 4.78 is 0. The van der Waals surface area contributed by atoms with E-state index in [-0.39, 0.29) is 6.04 Å². The Hall–Kier alpha value is -1.07. The summed E-state index contributed by atoms with van der Waals surface area (Å²) in [6.45, 7) is 1.00. The number of hydrogen-bond acceptors (Lipinski definition) is 3. The van der Waals surface area contributed by atoms with E-state index in [4.69, 9.17) is 21.4 Å². The largest absolute Gasteiger partial charge is 0.360 e. The average Bonchev–Trinajstić information content (AvgIpc) is 2.76. The smallest absolute Gasteiger partial charge is 0.133 e. The molecule has 1 fully saturated rings. The fraction of sp³-hybridized carbons (Fsp3) is 0.333. The minimum absolute atomic E-state index is 0.279. The van der Waals surface area contributed by atoms with Crippen molar-refractivity contribution < 1.29 is 9.78 Å². The van der Waals surface area contributed by atoms with Crippen LogP contribution in [0.1, 0.15) is 5.56 Å². The van der Waals surface area contributed by atoms with Crippen molar-refractivity contribution >= 4 is 22.5 Å². The molecule has 0 radical (unpaired) electrons. The van der Waals surface area contributed by atoms with E-state index in [0.29, 0.717) is 13.3 Å². The van der Waals surface area contributed by atoms with E-state index in [2.05, 4.69) is 16.4 Å². The summed E-state index contributed by atoms with van der Waals surface area (Å²) in [7, 11) is 0. The predicted molar refractivity (Wildman–Crippen MR) is 65.8 cm³/mol. The van der Waals surface area contributed by atoms with Crippen molar-refractivity contribution in [1.29, 1.82) is 0 Å². The molecule has 4 nitrogen and oxygen atoms in total. The van der Waals surface area contributed by atoms with Crippen molar-refractivity contribution in [2.75, 3.05) is 13.3 Å². The lowest BCUT2D eigenvalue weighted by Crippen LogP contribution is -2.41. The Morgan fingerprint density at radius 2 is 2.29 bits per heavy atom. The Morgan fingerprint density at radius 3 is 3.12 bits per heavy atom. The minimum atomic E-state index is 0.279. The highest BCUT2D eigenvalue weighted by Crippen LogP contribution is 2.26. The molecule has 1 aromatic heterocycles. The number of benzene rings is 1. The normalized spacial score (nSPS) is 20.9. The van der Waals surface area contributed by atoms with Gasteiger partial charge in [-0.25, -0.2) is 9.78 Å². The third-order valence-corrected chi connectivity index (χ3v) is 3.32. The molecule has 0 saturated carbocycles. The quantitative estimate of drug-likeness (QED) is 0.806. The van der Waals surface area contributed by atoms with E-state index in [1.165, 1.54) is 10.9 Å². The molecule has 0 bridgehead atoms. The second-order valence-electron chi connectivity index (χ2n) is 4.13. The highest BCUT2D eigenvalue weighted by molar-refractivity contribution is 6.35. The maximum absolute atomic E-state index is 6.12. The van der Waals surface area contributed by atoms with Gasteiger partial charge in [0.25, 0.3) is 0 Å². The topological polar surface area (TPSA) is 46.3 Å². The number of hydrogen-bond donors (Lipinski definition) is 2. The molecule has 5 heteroatoms. The highest BCUT2D eigenvalue weighted by Gasteiger charge is 2.16. The van der Waals surface area contributed by atoms with Crippen LogP contribution in [-0.4, -0.2) is 24.4 Å². The fourth-order valence-electron chi connectivity index (χ4n) is 2.12. The molecule has 1 aliphatic rings. The summed E-state index contributed by atoms with van der Waals surface area (Å²) in [4.78, 5) is 13.0. The van der Waals surface area contributed by atoms with E-state index < -0.39 is 0 Å². The molecule has 90 valence electrons. The lowest BCUT2D eigenvalue weighted by molar-refractivity contribution is -0.324. The maximum Gasteiger partial charge on any atom is 0.133 e. The van der Waals surface area contributed by atoms with Crippen molar-refractivity contribution in [3.63, 3.8) is 0 Å². The SMILES string of the molecule is Clc1cccc2c(CC3COOCN3)c[nH]c12. The molecule has 1 aliphatic heterocycles. The Morgan fingerprint density at radius 1 is 1.35 bits per heavy atom. The molecule has 1 saturated heterocycles. The van der Waals surface area contributed by atoms with Crippen LogP contribution < -0.4 is 5.32 Å². The summed E-state index contributed by atoms with van der Waals surface area (Å²) in [6, 6.07) is 6.21. The van der Waals surface area contributed by atoms with Crippen LogP contribution in [0, 0.1) is 0 Å². The third-order valence-electron chi connectivity index (χ3n) is 3.00. The van der Waals surface area contributed by atoms with Gasteiger partial charge in [0.15, 0.2) is 0 Å². The number of H-pyrrole nitrogens is 1. The summed E-state index contributed by atoms with van der Waals surface area (Å²) >= 11 is 6.12. The minimum Gasteiger partial charge on any atom is -0.360 e. The standard InChI is InChI=1S/C12H13ClN2O2/c13-11-3-1-2-10-8(5-14-12(10)11)4-9-6-16-17-7-15-9/h1-3,5,9,14-15H,4,6-7H2. The number of halogens is 1. The Bertz CT molecular complexity index is 520. The van der Waals surface area contributed by atoms with E-state index in [0.717, 1.165) is 17.0 Å². The first-order valence-electron chi connectivity index (χ1n) is 5.57. The van der Waals surface area contributed by atoms with Gasteiger partial charge in [0.1, 0.15) is 6.73 Å². The van der Waals surface area contributed by atoms with Gasteiger partial charge in [-0.15, -0.1) is 0 Å². The maximum atomic E-state index is 6.12. The Balaban J connectivity index is 1.87. The van der Waals surface area contributed by atoms with Crippen LogP contribution in [0.2, 0.25) is 5.02 Å². The van der Waals surface area contributed by atoms with Gasteiger partial charge in [0.05, 0.1) is 17.1 Å². The van der Waals surface area contributed by atoms with Crippen LogP contribution in [-0.2, 0) is 16.2 Å². The lowest BCUT2D eigenvalue weighted by Gasteiger charge is -2.22. The second-order valence-corrected chi connectivity index (χ2v) is 4.54. The number of para-hydroxylation sites is 1. The number of aromatic amines is 1. The third kappa shape index (κ3) is 2.17. The van der Waals surface area contributed by atoms with Crippen molar-refractivity contribution in [2.24, 2.45) is 0 Å². The molecule has 0 aliphatic carbocycles. The van der Waals surface area contributed by atoms with Gasteiger partial charge in [-0.05, 0) is 18.1 Å². The predicted octanol–water partition coefficient (Wildman–Crippen LogP) is 2.24. The molecular formula is C12H13ClN2O2. The summed E-state index contributed by atoms with van der Waals surface area (Å²) in [5.74, 6) is 0. The van der Waals surface area contributed by atoms with Crippen molar-refractivity contribution in [1.82, 2.24) is 10.3 Å².